The van der Waals surface area contributed by atoms with Gasteiger partial charge in [-0.15, -0.1) is 0 Å². The Kier molecular flexibility index (Phi) is 6.69. The lowest BCUT2D eigenvalue weighted by atomic mass is 9.95. The summed E-state index contributed by atoms with van der Waals surface area (Å²) in [4.78, 5) is 0. The van der Waals surface area contributed by atoms with E-state index in [0.717, 1.165) is 0 Å². The molecule has 0 atom stereocenters. The lowest BCUT2D eigenvalue weighted by Crippen LogP contribution is -3.00. The van der Waals surface area contributed by atoms with Crippen molar-refractivity contribution in [2.24, 2.45) is 0 Å². The SMILES string of the molecule is Cc1cc(C)c(-[n+]2cc3cccc(-c4cc(-c5ccccc5)cc(-c5ccccc5)c4)n3c2)c(C)c1.[Cl-]. The van der Waals surface area contributed by atoms with E-state index in [9.17, 15) is 0 Å². The second-order valence-corrected chi connectivity index (χ2v) is 9.64. The number of rotatable bonds is 4. The first-order valence-electron chi connectivity index (χ1n) is 12.4. The van der Waals surface area contributed by atoms with Crippen LogP contribution < -0.4 is 17.0 Å². The zero-order valence-electron chi connectivity index (χ0n) is 21.3. The van der Waals surface area contributed by atoms with Gasteiger partial charge >= 0.3 is 0 Å². The number of fused-ring (bicyclic) bond motifs is 1. The van der Waals surface area contributed by atoms with Crippen molar-refractivity contribution < 1.29 is 17.0 Å². The van der Waals surface area contributed by atoms with E-state index in [1.165, 1.54) is 61.4 Å². The lowest BCUT2D eigenvalue weighted by molar-refractivity contribution is -0.594. The Hall–Kier alpha value is -4.14. The highest BCUT2D eigenvalue weighted by atomic mass is 35.5. The number of aryl methyl sites for hydroxylation is 3. The van der Waals surface area contributed by atoms with Crippen LogP contribution in [0.15, 0.2) is 122 Å². The van der Waals surface area contributed by atoms with Gasteiger partial charge in [-0.1, -0.05) is 84.4 Å². The van der Waals surface area contributed by atoms with Gasteiger partial charge in [-0.05, 0) is 84.5 Å². The number of hydrogen-bond donors (Lipinski definition) is 0. The molecule has 2 aromatic heterocycles. The van der Waals surface area contributed by atoms with Gasteiger partial charge in [-0.25, -0.2) is 4.57 Å². The van der Waals surface area contributed by atoms with E-state index in [4.69, 9.17) is 0 Å². The first-order chi connectivity index (χ1) is 17.6. The summed E-state index contributed by atoms with van der Waals surface area (Å²) < 4.78 is 4.57. The molecule has 0 aliphatic carbocycles. The van der Waals surface area contributed by atoms with Crippen LogP contribution in [0.5, 0.6) is 0 Å². The van der Waals surface area contributed by atoms with Crippen molar-refractivity contribution in [3.63, 3.8) is 0 Å². The maximum atomic E-state index is 2.31. The number of pyridine rings is 1. The average molecular weight is 501 g/mol. The van der Waals surface area contributed by atoms with Crippen molar-refractivity contribution in [3.05, 3.63) is 138 Å². The Labute approximate surface area is 224 Å². The summed E-state index contributed by atoms with van der Waals surface area (Å²) in [5.74, 6) is 0. The molecule has 0 aliphatic heterocycles. The highest BCUT2D eigenvalue weighted by Gasteiger charge is 2.18. The third-order valence-corrected chi connectivity index (χ3v) is 6.91. The number of imidazole rings is 1. The van der Waals surface area contributed by atoms with E-state index in [2.05, 4.69) is 151 Å². The summed E-state index contributed by atoms with van der Waals surface area (Å²) in [6.45, 7) is 6.55. The Balaban J connectivity index is 0.00000280. The first-order valence-corrected chi connectivity index (χ1v) is 12.4. The van der Waals surface area contributed by atoms with Crippen LogP contribution in [0.4, 0.5) is 0 Å². The first kappa shape index (κ1) is 24.5. The summed E-state index contributed by atoms with van der Waals surface area (Å²) >= 11 is 0. The van der Waals surface area contributed by atoms with Crippen LogP contribution in [0.1, 0.15) is 16.7 Å². The van der Waals surface area contributed by atoms with Crippen molar-refractivity contribution in [1.29, 1.82) is 0 Å². The van der Waals surface area contributed by atoms with Gasteiger partial charge in [0, 0.05) is 5.56 Å². The van der Waals surface area contributed by atoms with E-state index in [0.29, 0.717) is 0 Å². The standard InChI is InChI=1S/C34H29N2.ClH/c1-24-17-25(2)34(26(3)18-24)35-22-32-15-10-16-33(36(32)23-35)31-20-29(27-11-6-4-7-12-27)19-30(21-31)28-13-8-5-9-14-28;/h4-23H,1-3H3;1H/q+1;/p-1. The Morgan fingerprint density at radius 3 is 1.65 bits per heavy atom. The van der Waals surface area contributed by atoms with Crippen LogP contribution in [0.3, 0.4) is 0 Å². The van der Waals surface area contributed by atoms with E-state index in [1.807, 2.05) is 0 Å². The molecule has 182 valence electrons. The van der Waals surface area contributed by atoms with E-state index < -0.39 is 0 Å². The van der Waals surface area contributed by atoms with Crippen LogP contribution in [0.2, 0.25) is 0 Å². The van der Waals surface area contributed by atoms with Gasteiger partial charge in [-0.2, -0.15) is 4.40 Å². The number of aromatic nitrogens is 2. The van der Waals surface area contributed by atoms with Gasteiger partial charge in [0.2, 0.25) is 0 Å². The topological polar surface area (TPSA) is 8.29 Å². The summed E-state index contributed by atoms with van der Waals surface area (Å²) in [5.41, 5.74) is 13.5. The molecule has 0 unspecified atom stereocenters. The molecule has 0 bridgehead atoms. The molecule has 0 radical (unpaired) electrons. The number of hydrogen-bond acceptors (Lipinski definition) is 0. The van der Waals surface area contributed by atoms with Crippen molar-refractivity contribution in [2.75, 3.05) is 0 Å². The lowest BCUT2D eigenvalue weighted by Gasteiger charge is -2.10. The molecule has 0 N–H and O–H groups in total. The molecule has 0 saturated heterocycles. The number of benzene rings is 4. The van der Waals surface area contributed by atoms with Crippen molar-refractivity contribution >= 4 is 5.52 Å². The third-order valence-electron chi connectivity index (χ3n) is 6.91. The van der Waals surface area contributed by atoms with Crippen molar-refractivity contribution in [1.82, 2.24) is 4.40 Å². The largest absolute Gasteiger partial charge is 1.00 e. The molecule has 0 amide bonds. The van der Waals surface area contributed by atoms with Gasteiger partial charge in [0.25, 0.3) is 6.33 Å². The zero-order chi connectivity index (χ0) is 24.6. The van der Waals surface area contributed by atoms with E-state index >= 15 is 0 Å². The van der Waals surface area contributed by atoms with Crippen LogP contribution >= 0.6 is 0 Å². The molecule has 0 aliphatic rings. The molecule has 0 spiro atoms. The van der Waals surface area contributed by atoms with Gasteiger partial charge in [-0.3, -0.25) is 0 Å². The van der Waals surface area contributed by atoms with Gasteiger partial charge < -0.3 is 12.4 Å². The highest BCUT2D eigenvalue weighted by Crippen LogP contribution is 2.33. The second-order valence-electron chi connectivity index (χ2n) is 9.64. The van der Waals surface area contributed by atoms with Gasteiger partial charge in [0.05, 0.1) is 0 Å². The predicted octanol–water partition coefficient (Wildman–Crippen LogP) is 5.15. The fourth-order valence-corrected chi connectivity index (χ4v) is 5.38. The molecule has 3 heteroatoms. The minimum absolute atomic E-state index is 0. The molecule has 0 fully saturated rings. The Morgan fingerprint density at radius 1 is 0.541 bits per heavy atom. The van der Waals surface area contributed by atoms with Crippen LogP contribution in [-0.4, -0.2) is 4.40 Å². The number of nitrogens with zero attached hydrogens (tertiary/aromatic N) is 2. The van der Waals surface area contributed by atoms with Crippen LogP contribution in [0.25, 0.3) is 44.7 Å². The maximum Gasteiger partial charge on any atom is 0.254 e. The molecule has 4 aromatic carbocycles. The molecule has 2 nitrogen and oxygen atoms in total. The molecule has 0 saturated carbocycles. The molecule has 2 heterocycles. The minimum atomic E-state index is 0. The van der Waals surface area contributed by atoms with Crippen LogP contribution in [-0.2, 0) is 0 Å². The predicted molar refractivity (Wildman–Crippen MR) is 149 cm³/mol. The van der Waals surface area contributed by atoms with E-state index in [-0.39, 0.29) is 12.4 Å². The quantitative estimate of drug-likeness (QED) is 0.296. The highest BCUT2D eigenvalue weighted by molar-refractivity contribution is 5.81. The zero-order valence-corrected chi connectivity index (χ0v) is 22.1. The van der Waals surface area contributed by atoms with Gasteiger partial charge in [0.1, 0.15) is 17.6 Å². The summed E-state index contributed by atoms with van der Waals surface area (Å²) in [5, 5.41) is 0. The van der Waals surface area contributed by atoms with Crippen molar-refractivity contribution in [2.45, 2.75) is 20.8 Å². The van der Waals surface area contributed by atoms with E-state index in [1.54, 1.807) is 0 Å². The normalized spacial score (nSPS) is 10.9. The second kappa shape index (κ2) is 10.1. The van der Waals surface area contributed by atoms with Crippen molar-refractivity contribution in [3.8, 4) is 39.2 Å². The summed E-state index contributed by atoms with van der Waals surface area (Å²) in [6, 6.07) is 39.3. The van der Waals surface area contributed by atoms with Gasteiger partial charge in [0.15, 0.2) is 5.52 Å². The number of halogens is 1. The Bertz CT molecular complexity index is 1620. The van der Waals surface area contributed by atoms with Crippen LogP contribution in [0, 0.1) is 20.8 Å². The molecule has 6 aromatic rings. The fourth-order valence-electron chi connectivity index (χ4n) is 5.38. The Morgan fingerprint density at radius 2 is 1.08 bits per heavy atom. The third kappa shape index (κ3) is 4.69. The maximum absolute atomic E-state index is 2.31. The monoisotopic (exact) mass is 500 g/mol. The summed E-state index contributed by atoms with van der Waals surface area (Å²) in [6.07, 6.45) is 4.44. The fraction of sp³-hybridized carbons (Fsp3) is 0.0882. The molecule has 37 heavy (non-hydrogen) atoms. The average Bonchev–Trinajstić information content (AvgIpc) is 3.32. The molecular formula is C34H29ClN2. The smallest absolute Gasteiger partial charge is 0.254 e. The minimum Gasteiger partial charge on any atom is -1.00 e. The summed E-state index contributed by atoms with van der Waals surface area (Å²) in [7, 11) is 0. The molecular weight excluding hydrogens is 472 g/mol. The molecule has 6 rings (SSSR count).